The number of hydrogen-bond donors (Lipinski definition) is 1. The normalized spacial score (nSPS) is 11.7. The number of nitrogens with zero attached hydrogens (tertiary/aromatic N) is 1. The van der Waals surface area contributed by atoms with Gasteiger partial charge in [-0.05, 0) is 49.6 Å². The number of hydrogen-bond acceptors (Lipinski definition) is 2. The molecule has 1 aromatic carbocycles. The number of Topliss-reactive ketones (excluding diaryl/α,β-unsaturated/α-hetero) is 1. The molecule has 0 aromatic heterocycles. The molecular weight excluding hydrogens is 288 g/mol. The second-order valence-electron chi connectivity index (χ2n) is 5.20. The van der Waals surface area contributed by atoms with Gasteiger partial charge in [-0.25, -0.2) is 4.79 Å². The van der Waals surface area contributed by atoms with E-state index >= 15 is 0 Å². The number of amides is 2. The van der Waals surface area contributed by atoms with Gasteiger partial charge in [-0.15, -0.1) is 6.42 Å². The third kappa shape index (κ3) is 4.86. The van der Waals surface area contributed by atoms with E-state index in [1.807, 2.05) is 26.0 Å². The molecule has 0 atom stereocenters. The molecule has 0 unspecified atom stereocenters. The smallest absolute Gasteiger partial charge is 0.323 e. The lowest BCUT2D eigenvalue weighted by Crippen LogP contribution is -2.36. The van der Waals surface area contributed by atoms with Crippen LogP contribution in [0, 0.1) is 12.3 Å². The van der Waals surface area contributed by atoms with Gasteiger partial charge in [-0.2, -0.15) is 0 Å². The molecule has 0 aliphatic heterocycles. The Hall–Kier alpha value is -2.80. The Bertz CT molecular complexity index is 694. The standard InChI is InChI=1S/C19H22N2O2/c1-5-7-11-17(14(3)6-2)21(19(20)23)18-12-9-8-10-16(18)13-15(4)22/h1,7-12H,6,13H2,2-4H3,(H2,20,23)/b11-7-,17-14-. The first kappa shape index (κ1) is 18.2. The number of nitrogens with two attached hydrogens (primary N) is 1. The highest BCUT2D eigenvalue weighted by molar-refractivity contribution is 5.96. The summed E-state index contributed by atoms with van der Waals surface area (Å²) in [6.07, 6.45) is 9.48. The van der Waals surface area contributed by atoms with Gasteiger partial charge in [0, 0.05) is 6.42 Å². The van der Waals surface area contributed by atoms with E-state index in [1.54, 1.807) is 18.2 Å². The topological polar surface area (TPSA) is 63.4 Å². The molecule has 1 rings (SSSR count). The molecule has 120 valence electrons. The molecule has 0 spiro atoms. The van der Waals surface area contributed by atoms with Crippen LogP contribution >= 0.6 is 0 Å². The largest absolute Gasteiger partial charge is 0.351 e. The van der Waals surface area contributed by atoms with Crippen LogP contribution in [-0.2, 0) is 11.2 Å². The summed E-state index contributed by atoms with van der Waals surface area (Å²) in [6, 6.07) is 6.60. The number of ketones is 1. The van der Waals surface area contributed by atoms with Crippen molar-refractivity contribution in [3.8, 4) is 12.3 Å². The van der Waals surface area contributed by atoms with Crippen molar-refractivity contribution in [2.75, 3.05) is 4.90 Å². The van der Waals surface area contributed by atoms with E-state index in [0.717, 1.165) is 17.6 Å². The highest BCUT2D eigenvalue weighted by Crippen LogP contribution is 2.27. The van der Waals surface area contributed by atoms with E-state index in [-0.39, 0.29) is 12.2 Å². The number of benzene rings is 1. The number of urea groups is 1. The average molecular weight is 310 g/mol. The lowest BCUT2D eigenvalue weighted by atomic mass is 10.0. The van der Waals surface area contributed by atoms with Crippen molar-refractivity contribution in [2.45, 2.75) is 33.6 Å². The number of rotatable bonds is 6. The molecule has 0 aliphatic carbocycles. The monoisotopic (exact) mass is 310 g/mol. The van der Waals surface area contributed by atoms with Gasteiger partial charge in [0.15, 0.2) is 0 Å². The summed E-state index contributed by atoms with van der Waals surface area (Å²) in [6.45, 7) is 5.41. The van der Waals surface area contributed by atoms with Gasteiger partial charge in [0.1, 0.15) is 5.78 Å². The third-order valence-corrected chi connectivity index (χ3v) is 3.44. The Morgan fingerprint density at radius 3 is 2.48 bits per heavy atom. The van der Waals surface area contributed by atoms with E-state index < -0.39 is 6.03 Å². The Morgan fingerprint density at radius 2 is 1.96 bits per heavy atom. The number of carbonyl (C=O) groups excluding carboxylic acids is 2. The molecule has 4 heteroatoms. The van der Waals surface area contributed by atoms with Crippen LogP contribution in [0.5, 0.6) is 0 Å². The second kappa shape index (κ2) is 8.60. The van der Waals surface area contributed by atoms with Gasteiger partial charge in [0.2, 0.25) is 0 Å². The number of para-hydroxylation sites is 1. The molecule has 0 aliphatic rings. The molecule has 4 nitrogen and oxygen atoms in total. The summed E-state index contributed by atoms with van der Waals surface area (Å²) in [5.41, 5.74) is 8.56. The zero-order valence-corrected chi connectivity index (χ0v) is 13.8. The van der Waals surface area contributed by atoms with E-state index in [4.69, 9.17) is 12.2 Å². The summed E-state index contributed by atoms with van der Waals surface area (Å²) in [5.74, 6) is 2.43. The molecule has 2 amide bonds. The van der Waals surface area contributed by atoms with Crippen LogP contribution in [0.2, 0.25) is 0 Å². The summed E-state index contributed by atoms with van der Waals surface area (Å²) in [4.78, 5) is 25.0. The third-order valence-electron chi connectivity index (χ3n) is 3.44. The second-order valence-corrected chi connectivity index (χ2v) is 5.20. The van der Waals surface area contributed by atoms with Gasteiger partial charge in [0.05, 0.1) is 11.4 Å². The zero-order valence-electron chi connectivity index (χ0n) is 13.8. The van der Waals surface area contributed by atoms with E-state index in [0.29, 0.717) is 11.4 Å². The maximum Gasteiger partial charge on any atom is 0.323 e. The highest BCUT2D eigenvalue weighted by atomic mass is 16.2. The Morgan fingerprint density at radius 1 is 1.30 bits per heavy atom. The lowest BCUT2D eigenvalue weighted by Gasteiger charge is -2.26. The van der Waals surface area contributed by atoms with Crippen molar-refractivity contribution in [2.24, 2.45) is 5.73 Å². The predicted molar refractivity (Wildman–Crippen MR) is 93.9 cm³/mol. The molecule has 0 radical (unpaired) electrons. The summed E-state index contributed by atoms with van der Waals surface area (Å²) in [5, 5.41) is 0. The molecule has 2 N–H and O–H groups in total. The minimum absolute atomic E-state index is 0.0128. The van der Waals surface area contributed by atoms with E-state index in [1.165, 1.54) is 17.9 Å². The minimum Gasteiger partial charge on any atom is -0.351 e. The Balaban J connectivity index is 3.53. The van der Waals surface area contributed by atoms with Crippen molar-refractivity contribution in [1.29, 1.82) is 0 Å². The van der Waals surface area contributed by atoms with Crippen LogP contribution < -0.4 is 10.6 Å². The summed E-state index contributed by atoms with van der Waals surface area (Å²) in [7, 11) is 0. The van der Waals surface area contributed by atoms with Crippen molar-refractivity contribution >= 4 is 17.5 Å². The van der Waals surface area contributed by atoms with Gasteiger partial charge >= 0.3 is 6.03 Å². The van der Waals surface area contributed by atoms with Crippen LogP contribution in [0.1, 0.15) is 32.8 Å². The molecule has 0 fully saturated rings. The fourth-order valence-electron chi connectivity index (χ4n) is 2.23. The number of carbonyl (C=O) groups is 2. The van der Waals surface area contributed by atoms with Crippen molar-refractivity contribution < 1.29 is 9.59 Å². The van der Waals surface area contributed by atoms with Crippen LogP contribution in [0.3, 0.4) is 0 Å². The maximum absolute atomic E-state index is 12.1. The number of terminal acetylenes is 1. The SMILES string of the molecule is C#C/C=C\C(=C(/C)CC)N(C(N)=O)c1ccccc1CC(C)=O. The fraction of sp³-hybridized carbons (Fsp3) is 0.263. The fourth-order valence-corrected chi connectivity index (χ4v) is 2.23. The van der Waals surface area contributed by atoms with Gasteiger partial charge in [-0.3, -0.25) is 9.69 Å². The minimum atomic E-state index is -0.620. The highest BCUT2D eigenvalue weighted by Gasteiger charge is 2.20. The Kier molecular flexibility index (Phi) is 6.82. The zero-order chi connectivity index (χ0) is 17.4. The van der Waals surface area contributed by atoms with Gasteiger partial charge in [-0.1, -0.05) is 31.0 Å². The van der Waals surface area contributed by atoms with Gasteiger partial charge < -0.3 is 5.73 Å². The van der Waals surface area contributed by atoms with Crippen LogP contribution in [0.4, 0.5) is 10.5 Å². The lowest BCUT2D eigenvalue weighted by molar-refractivity contribution is -0.116. The molecule has 23 heavy (non-hydrogen) atoms. The first-order valence-corrected chi connectivity index (χ1v) is 7.41. The molecule has 0 saturated heterocycles. The van der Waals surface area contributed by atoms with Crippen LogP contribution in [0.25, 0.3) is 0 Å². The first-order chi connectivity index (χ1) is 10.9. The van der Waals surface area contributed by atoms with Crippen LogP contribution in [-0.4, -0.2) is 11.8 Å². The molecule has 1 aromatic rings. The quantitative estimate of drug-likeness (QED) is 0.645. The molecule has 0 saturated carbocycles. The number of allylic oxidation sites excluding steroid dienone is 3. The first-order valence-electron chi connectivity index (χ1n) is 7.41. The van der Waals surface area contributed by atoms with Crippen molar-refractivity contribution in [3.05, 3.63) is 53.3 Å². The molecular formula is C19H22N2O2. The van der Waals surface area contributed by atoms with Gasteiger partial charge in [0.25, 0.3) is 0 Å². The number of primary amides is 1. The Labute approximate surface area is 137 Å². The maximum atomic E-state index is 12.1. The average Bonchev–Trinajstić information content (AvgIpc) is 2.50. The number of anilines is 1. The summed E-state index contributed by atoms with van der Waals surface area (Å²) >= 11 is 0. The molecule has 0 bridgehead atoms. The van der Waals surface area contributed by atoms with Crippen LogP contribution in [0.15, 0.2) is 47.7 Å². The van der Waals surface area contributed by atoms with E-state index in [2.05, 4.69) is 5.92 Å². The van der Waals surface area contributed by atoms with E-state index in [9.17, 15) is 9.59 Å². The predicted octanol–water partition coefficient (Wildman–Crippen LogP) is 3.58. The van der Waals surface area contributed by atoms with Crippen molar-refractivity contribution in [1.82, 2.24) is 0 Å². The van der Waals surface area contributed by atoms with Crippen molar-refractivity contribution in [3.63, 3.8) is 0 Å². The summed E-state index contributed by atoms with van der Waals surface area (Å²) < 4.78 is 0. The molecule has 0 heterocycles.